The van der Waals surface area contributed by atoms with Gasteiger partial charge in [0.15, 0.2) is 5.65 Å². The second-order valence-corrected chi connectivity index (χ2v) is 10.7. The number of benzene rings is 1. The number of anilines is 2. The molecule has 4 heterocycles. The Bertz CT molecular complexity index is 1440. The highest BCUT2D eigenvalue weighted by Gasteiger charge is 2.31. The van der Waals surface area contributed by atoms with E-state index >= 15 is 0 Å². The standard InChI is InChI=1S/C28H33N7O/c1-5-29-27-33-23-13-19(15-30-25(23)34-27)18-6-7-24-20(12-18)16-35(10-11-36-24)26-21-14-28(3,4)9-8-22(21)31-17(2)32-26/h6-7,12-13,15H,5,8-11,14,16H2,1-4H3,(H2,29,30,33,34). The van der Waals surface area contributed by atoms with E-state index in [-0.39, 0.29) is 5.41 Å². The number of hydrogen-bond donors (Lipinski definition) is 2. The Balaban J connectivity index is 1.35. The van der Waals surface area contributed by atoms with Crippen LogP contribution in [0.3, 0.4) is 0 Å². The summed E-state index contributed by atoms with van der Waals surface area (Å²) in [5, 5.41) is 3.22. The first-order valence-corrected chi connectivity index (χ1v) is 12.9. The quantitative estimate of drug-likeness (QED) is 0.419. The van der Waals surface area contributed by atoms with Crippen LogP contribution in [0.15, 0.2) is 30.5 Å². The van der Waals surface area contributed by atoms with E-state index in [1.807, 2.05) is 20.0 Å². The molecule has 3 aromatic heterocycles. The van der Waals surface area contributed by atoms with Crippen molar-refractivity contribution in [2.75, 3.05) is 29.9 Å². The lowest BCUT2D eigenvalue weighted by Gasteiger charge is -2.34. The monoisotopic (exact) mass is 483 g/mol. The summed E-state index contributed by atoms with van der Waals surface area (Å²) < 4.78 is 6.18. The SMILES string of the molecule is CCNc1nc2ncc(-c3ccc4c(c3)CN(c3nc(C)nc5c3CC(C)(C)CC5)CCO4)cc2[nH]1. The van der Waals surface area contributed by atoms with Crippen LogP contribution in [-0.4, -0.2) is 44.6 Å². The molecule has 0 saturated carbocycles. The molecule has 0 saturated heterocycles. The Morgan fingerprint density at radius 3 is 2.89 bits per heavy atom. The second-order valence-electron chi connectivity index (χ2n) is 10.7. The lowest BCUT2D eigenvalue weighted by molar-refractivity contribution is 0.310. The zero-order valence-electron chi connectivity index (χ0n) is 21.5. The zero-order chi connectivity index (χ0) is 24.9. The number of imidazole rings is 1. The number of aromatic amines is 1. The summed E-state index contributed by atoms with van der Waals surface area (Å²) in [6, 6.07) is 8.53. The molecule has 8 nitrogen and oxygen atoms in total. The highest BCUT2D eigenvalue weighted by molar-refractivity contribution is 5.80. The van der Waals surface area contributed by atoms with Gasteiger partial charge in [0.05, 0.1) is 12.1 Å². The maximum atomic E-state index is 6.18. The Morgan fingerprint density at radius 1 is 1.14 bits per heavy atom. The van der Waals surface area contributed by atoms with E-state index in [9.17, 15) is 0 Å². The number of H-pyrrole nitrogens is 1. The van der Waals surface area contributed by atoms with Crippen molar-refractivity contribution in [1.82, 2.24) is 24.9 Å². The molecule has 0 radical (unpaired) electrons. The number of ether oxygens (including phenoxy) is 1. The maximum absolute atomic E-state index is 6.18. The Kier molecular flexibility index (Phi) is 5.54. The zero-order valence-corrected chi connectivity index (χ0v) is 21.5. The van der Waals surface area contributed by atoms with Gasteiger partial charge in [0.1, 0.15) is 24.0 Å². The molecule has 6 rings (SSSR count). The van der Waals surface area contributed by atoms with Gasteiger partial charge in [-0.15, -0.1) is 0 Å². The fourth-order valence-corrected chi connectivity index (χ4v) is 5.37. The average molecular weight is 484 g/mol. The summed E-state index contributed by atoms with van der Waals surface area (Å²) in [6.07, 6.45) is 5.08. The smallest absolute Gasteiger partial charge is 0.202 e. The molecule has 36 heavy (non-hydrogen) atoms. The van der Waals surface area contributed by atoms with Gasteiger partial charge in [0, 0.05) is 41.7 Å². The number of pyridine rings is 1. The number of fused-ring (bicyclic) bond motifs is 3. The second kappa shape index (κ2) is 8.76. The third kappa shape index (κ3) is 4.25. The fraction of sp³-hybridized carbons (Fsp3) is 0.429. The van der Waals surface area contributed by atoms with Crippen molar-refractivity contribution in [1.29, 1.82) is 0 Å². The molecule has 1 aliphatic heterocycles. The van der Waals surface area contributed by atoms with E-state index < -0.39 is 0 Å². The van der Waals surface area contributed by atoms with Crippen LogP contribution in [0.1, 0.15) is 49.8 Å². The van der Waals surface area contributed by atoms with Crippen LogP contribution >= 0.6 is 0 Å². The van der Waals surface area contributed by atoms with Gasteiger partial charge in [-0.05, 0) is 62.3 Å². The minimum atomic E-state index is 0.263. The minimum absolute atomic E-state index is 0.263. The summed E-state index contributed by atoms with van der Waals surface area (Å²) in [4.78, 5) is 24.5. The van der Waals surface area contributed by atoms with Gasteiger partial charge in [0.25, 0.3) is 0 Å². The topological polar surface area (TPSA) is 91.9 Å². The van der Waals surface area contributed by atoms with Crippen LogP contribution in [0, 0.1) is 12.3 Å². The van der Waals surface area contributed by atoms with Crippen LogP contribution in [0.25, 0.3) is 22.3 Å². The minimum Gasteiger partial charge on any atom is -0.491 e. The summed E-state index contributed by atoms with van der Waals surface area (Å²) in [7, 11) is 0. The first kappa shape index (κ1) is 22.8. The highest BCUT2D eigenvalue weighted by Crippen LogP contribution is 2.39. The van der Waals surface area contributed by atoms with Gasteiger partial charge in [-0.2, -0.15) is 4.98 Å². The molecule has 2 N–H and O–H groups in total. The number of hydrogen-bond acceptors (Lipinski definition) is 7. The Morgan fingerprint density at radius 2 is 2.03 bits per heavy atom. The van der Waals surface area contributed by atoms with Crippen LogP contribution in [0.2, 0.25) is 0 Å². The highest BCUT2D eigenvalue weighted by atomic mass is 16.5. The molecule has 4 aromatic rings. The van der Waals surface area contributed by atoms with Crippen molar-refractivity contribution < 1.29 is 4.74 Å². The number of aromatic nitrogens is 5. The van der Waals surface area contributed by atoms with E-state index in [1.54, 1.807) is 0 Å². The first-order valence-electron chi connectivity index (χ1n) is 12.9. The number of aryl methyl sites for hydroxylation is 2. The van der Waals surface area contributed by atoms with Crippen molar-refractivity contribution in [3.05, 3.63) is 53.1 Å². The molecule has 0 unspecified atom stereocenters. The van der Waals surface area contributed by atoms with E-state index in [1.165, 1.54) is 11.3 Å². The van der Waals surface area contributed by atoms with E-state index in [2.05, 4.69) is 63.3 Å². The number of nitrogens with one attached hydrogen (secondary N) is 2. The largest absolute Gasteiger partial charge is 0.491 e. The van der Waals surface area contributed by atoms with E-state index in [4.69, 9.17) is 14.7 Å². The van der Waals surface area contributed by atoms with Gasteiger partial charge in [-0.25, -0.2) is 15.0 Å². The molecule has 8 heteroatoms. The number of rotatable bonds is 4. The molecule has 2 aliphatic rings. The summed E-state index contributed by atoms with van der Waals surface area (Å²) >= 11 is 0. The normalized spacial score (nSPS) is 16.7. The molecule has 0 bridgehead atoms. The molecule has 0 spiro atoms. The van der Waals surface area contributed by atoms with Gasteiger partial charge in [0.2, 0.25) is 5.95 Å². The maximum Gasteiger partial charge on any atom is 0.202 e. The Hall–Kier alpha value is -3.68. The summed E-state index contributed by atoms with van der Waals surface area (Å²) in [5.41, 5.74) is 7.73. The molecule has 0 amide bonds. The van der Waals surface area contributed by atoms with Crippen molar-refractivity contribution in [2.24, 2.45) is 5.41 Å². The molecule has 0 fully saturated rings. The van der Waals surface area contributed by atoms with Crippen LogP contribution in [0.4, 0.5) is 11.8 Å². The predicted molar refractivity (Wildman–Crippen MR) is 143 cm³/mol. The number of nitrogens with zero attached hydrogens (tertiary/aromatic N) is 5. The van der Waals surface area contributed by atoms with Crippen molar-refractivity contribution in [2.45, 2.75) is 53.5 Å². The molecular formula is C28H33N7O. The Labute approximate surface area is 211 Å². The van der Waals surface area contributed by atoms with Crippen molar-refractivity contribution in [3.8, 4) is 16.9 Å². The third-order valence-electron chi connectivity index (χ3n) is 7.23. The van der Waals surface area contributed by atoms with Crippen LogP contribution < -0.4 is 15.0 Å². The van der Waals surface area contributed by atoms with E-state index in [0.29, 0.717) is 12.3 Å². The molecular weight excluding hydrogens is 450 g/mol. The average Bonchev–Trinajstić information content (AvgIpc) is 3.13. The third-order valence-corrected chi connectivity index (χ3v) is 7.23. The predicted octanol–water partition coefficient (Wildman–Crippen LogP) is 5.07. The van der Waals surface area contributed by atoms with E-state index in [0.717, 1.165) is 84.4 Å². The van der Waals surface area contributed by atoms with Gasteiger partial charge in [-0.3, -0.25) is 0 Å². The molecule has 186 valence electrons. The lowest BCUT2D eigenvalue weighted by atomic mass is 9.76. The molecule has 1 aromatic carbocycles. The molecule has 0 atom stereocenters. The summed E-state index contributed by atoms with van der Waals surface area (Å²) in [5.74, 6) is 3.60. The van der Waals surface area contributed by atoms with Crippen molar-refractivity contribution in [3.63, 3.8) is 0 Å². The first-order chi connectivity index (χ1) is 17.4. The fourth-order valence-electron chi connectivity index (χ4n) is 5.37. The molecule has 1 aliphatic carbocycles. The summed E-state index contributed by atoms with van der Waals surface area (Å²) in [6.45, 7) is 11.7. The van der Waals surface area contributed by atoms with Crippen molar-refractivity contribution >= 4 is 22.9 Å². The lowest BCUT2D eigenvalue weighted by Crippen LogP contribution is -2.31. The van der Waals surface area contributed by atoms with Gasteiger partial charge < -0.3 is 19.9 Å². The van der Waals surface area contributed by atoms with Crippen LogP contribution in [-0.2, 0) is 19.4 Å². The van der Waals surface area contributed by atoms with Gasteiger partial charge >= 0.3 is 0 Å². The van der Waals surface area contributed by atoms with Crippen LogP contribution in [0.5, 0.6) is 5.75 Å². The van der Waals surface area contributed by atoms with Gasteiger partial charge in [-0.1, -0.05) is 19.9 Å².